The third kappa shape index (κ3) is 6.22. The van der Waals surface area contributed by atoms with Gasteiger partial charge in [0.2, 0.25) is 5.91 Å². The molecule has 0 bridgehead atoms. The maximum atomic E-state index is 11.6. The number of nitrogens with one attached hydrogen (secondary N) is 2. The Balaban J connectivity index is 2.50. The molecule has 0 fully saturated rings. The van der Waals surface area contributed by atoms with E-state index in [1.165, 1.54) is 0 Å². The quantitative estimate of drug-likeness (QED) is 0.607. The molecule has 1 aromatic carbocycles. The van der Waals surface area contributed by atoms with Crippen LogP contribution in [0.15, 0.2) is 35.3 Å². The van der Waals surface area contributed by atoms with Crippen LogP contribution in [0.4, 0.5) is 0 Å². The van der Waals surface area contributed by atoms with Crippen LogP contribution in [0.25, 0.3) is 0 Å². The molecule has 5 heteroatoms. The fourth-order valence-corrected chi connectivity index (χ4v) is 1.59. The van der Waals surface area contributed by atoms with Crippen molar-refractivity contribution < 1.29 is 4.79 Å². The average Bonchev–Trinajstić information content (AvgIpc) is 2.45. The number of guanidine groups is 1. The molecule has 0 heterocycles. The SMILES string of the molecule is CCCNC(=O)CNC(=NCc1ccccc1)N(C)C. The van der Waals surface area contributed by atoms with Gasteiger partial charge in [-0.15, -0.1) is 0 Å². The van der Waals surface area contributed by atoms with Crippen molar-refractivity contribution in [1.82, 2.24) is 15.5 Å². The summed E-state index contributed by atoms with van der Waals surface area (Å²) in [6, 6.07) is 10.0. The van der Waals surface area contributed by atoms with E-state index in [1.54, 1.807) is 0 Å². The van der Waals surface area contributed by atoms with Crippen LogP contribution in [0.5, 0.6) is 0 Å². The molecule has 1 amide bonds. The summed E-state index contributed by atoms with van der Waals surface area (Å²) in [4.78, 5) is 17.9. The lowest BCUT2D eigenvalue weighted by Crippen LogP contribution is -2.42. The van der Waals surface area contributed by atoms with Gasteiger partial charge < -0.3 is 15.5 Å². The molecule has 0 saturated heterocycles. The molecule has 0 radical (unpaired) electrons. The molecular weight excluding hydrogens is 252 g/mol. The minimum Gasteiger partial charge on any atom is -0.355 e. The van der Waals surface area contributed by atoms with Crippen molar-refractivity contribution in [2.75, 3.05) is 27.2 Å². The molecule has 0 aliphatic heterocycles. The third-order valence-corrected chi connectivity index (χ3v) is 2.66. The predicted molar refractivity (Wildman–Crippen MR) is 82.6 cm³/mol. The van der Waals surface area contributed by atoms with Crippen LogP contribution in [0.2, 0.25) is 0 Å². The Bertz CT molecular complexity index is 429. The third-order valence-electron chi connectivity index (χ3n) is 2.66. The lowest BCUT2D eigenvalue weighted by Gasteiger charge is -2.17. The molecule has 2 N–H and O–H groups in total. The van der Waals surface area contributed by atoms with Crippen molar-refractivity contribution in [3.05, 3.63) is 35.9 Å². The Hall–Kier alpha value is -2.04. The Morgan fingerprint density at radius 2 is 1.90 bits per heavy atom. The second kappa shape index (κ2) is 8.96. The number of carbonyl (C=O) groups excluding carboxylic acids is 1. The van der Waals surface area contributed by atoms with E-state index in [4.69, 9.17) is 0 Å². The summed E-state index contributed by atoms with van der Waals surface area (Å²) >= 11 is 0. The molecule has 110 valence electrons. The van der Waals surface area contributed by atoms with Gasteiger partial charge >= 0.3 is 0 Å². The summed E-state index contributed by atoms with van der Waals surface area (Å²) in [5.41, 5.74) is 1.14. The fourth-order valence-electron chi connectivity index (χ4n) is 1.59. The topological polar surface area (TPSA) is 56.7 Å². The molecule has 1 aromatic rings. The fraction of sp³-hybridized carbons (Fsp3) is 0.467. The maximum absolute atomic E-state index is 11.6. The van der Waals surface area contributed by atoms with Gasteiger partial charge in [0.1, 0.15) is 0 Å². The zero-order valence-corrected chi connectivity index (χ0v) is 12.5. The van der Waals surface area contributed by atoms with Crippen LogP contribution in [0.1, 0.15) is 18.9 Å². The molecule has 0 atom stereocenters. The van der Waals surface area contributed by atoms with E-state index in [2.05, 4.69) is 15.6 Å². The number of amides is 1. The normalized spacial score (nSPS) is 11.1. The van der Waals surface area contributed by atoms with E-state index in [0.717, 1.165) is 12.0 Å². The number of rotatable bonds is 6. The smallest absolute Gasteiger partial charge is 0.239 e. The van der Waals surface area contributed by atoms with Crippen LogP contribution in [-0.2, 0) is 11.3 Å². The van der Waals surface area contributed by atoms with Crippen molar-refractivity contribution in [2.24, 2.45) is 4.99 Å². The lowest BCUT2D eigenvalue weighted by molar-refractivity contribution is -0.120. The van der Waals surface area contributed by atoms with Crippen molar-refractivity contribution >= 4 is 11.9 Å². The van der Waals surface area contributed by atoms with Crippen LogP contribution < -0.4 is 10.6 Å². The zero-order chi connectivity index (χ0) is 14.8. The van der Waals surface area contributed by atoms with Gasteiger partial charge in [-0.05, 0) is 12.0 Å². The molecule has 0 aromatic heterocycles. The summed E-state index contributed by atoms with van der Waals surface area (Å²) in [5.74, 6) is 0.696. The van der Waals surface area contributed by atoms with Gasteiger partial charge in [-0.25, -0.2) is 4.99 Å². The molecule has 1 rings (SSSR count). The van der Waals surface area contributed by atoms with Gasteiger partial charge in [0.25, 0.3) is 0 Å². The number of carbonyl (C=O) groups is 1. The molecule has 0 aliphatic carbocycles. The Labute approximate surface area is 121 Å². The van der Waals surface area contributed by atoms with Crippen LogP contribution in [-0.4, -0.2) is 44.0 Å². The first-order valence-electron chi connectivity index (χ1n) is 6.89. The second-order valence-electron chi connectivity index (χ2n) is 4.72. The zero-order valence-electron chi connectivity index (χ0n) is 12.5. The van der Waals surface area contributed by atoms with Gasteiger partial charge in [-0.1, -0.05) is 37.3 Å². The summed E-state index contributed by atoms with van der Waals surface area (Å²) in [7, 11) is 3.81. The number of aliphatic imine (C=N–C) groups is 1. The number of hydrogen-bond donors (Lipinski definition) is 2. The van der Waals surface area contributed by atoms with Gasteiger partial charge in [-0.2, -0.15) is 0 Å². The van der Waals surface area contributed by atoms with Gasteiger partial charge in [-0.3, -0.25) is 4.79 Å². The Morgan fingerprint density at radius 3 is 2.50 bits per heavy atom. The number of nitrogens with zero attached hydrogens (tertiary/aromatic N) is 2. The molecule has 0 spiro atoms. The summed E-state index contributed by atoms with van der Waals surface area (Å²) in [6.45, 7) is 3.57. The number of benzene rings is 1. The first-order valence-corrected chi connectivity index (χ1v) is 6.89. The predicted octanol–water partition coefficient (Wildman–Crippen LogP) is 1.22. The standard InChI is InChI=1S/C15H24N4O/c1-4-10-16-14(20)12-18-15(19(2)3)17-11-13-8-6-5-7-9-13/h5-9H,4,10-12H2,1-3H3,(H,16,20)(H,17,18). The molecule has 0 aliphatic rings. The first kappa shape index (κ1) is 16.0. The van der Waals surface area contributed by atoms with E-state index in [1.807, 2.05) is 56.3 Å². The van der Waals surface area contributed by atoms with Crippen molar-refractivity contribution in [1.29, 1.82) is 0 Å². The van der Waals surface area contributed by atoms with E-state index in [9.17, 15) is 4.79 Å². The van der Waals surface area contributed by atoms with E-state index < -0.39 is 0 Å². The van der Waals surface area contributed by atoms with Crippen LogP contribution in [0, 0.1) is 0 Å². The molecule has 20 heavy (non-hydrogen) atoms. The van der Waals surface area contributed by atoms with Gasteiger partial charge in [0.15, 0.2) is 5.96 Å². The van der Waals surface area contributed by atoms with Crippen molar-refractivity contribution in [3.63, 3.8) is 0 Å². The van der Waals surface area contributed by atoms with E-state index in [-0.39, 0.29) is 12.5 Å². The Morgan fingerprint density at radius 1 is 1.20 bits per heavy atom. The monoisotopic (exact) mass is 276 g/mol. The van der Waals surface area contributed by atoms with Crippen LogP contribution >= 0.6 is 0 Å². The highest BCUT2D eigenvalue weighted by molar-refractivity contribution is 5.86. The van der Waals surface area contributed by atoms with E-state index in [0.29, 0.717) is 19.0 Å². The molecule has 0 unspecified atom stereocenters. The summed E-state index contributed by atoms with van der Waals surface area (Å²) in [5, 5.41) is 5.89. The Kier molecular flexibility index (Phi) is 7.17. The summed E-state index contributed by atoms with van der Waals surface area (Å²) < 4.78 is 0. The molecular formula is C15H24N4O. The van der Waals surface area contributed by atoms with Crippen molar-refractivity contribution in [3.8, 4) is 0 Å². The second-order valence-corrected chi connectivity index (χ2v) is 4.72. The number of hydrogen-bond acceptors (Lipinski definition) is 2. The molecule has 5 nitrogen and oxygen atoms in total. The minimum atomic E-state index is -0.0129. The van der Waals surface area contributed by atoms with Crippen LogP contribution in [0.3, 0.4) is 0 Å². The van der Waals surface area contributed by atoms with E-state index >= 15 is 0 Å². The maximum Gasteiger partial charge on any atom is 0.239 e. The average molecular weight is 276 g/mol. The highest BCUT2D eigenvalue weighted by atomic mass is 16.1. The first-order chi connectivity index (χ1) is 9.63. The highest BCUT2D eigenvalue weighted by Gasteiger charge is 2.05. The summed E-state index contributed by atoms with van der Waals surface area (Å²) in [6.07, 6.45) is 0.939. The van der Waals surface area contributed by atoms with Gasteiger partial charge in [0.05, 0.1) is 13.1 Å². The molecule has 0 saturated carbocycles. The van der Waals surface area contributed by atoms with Gasteiger partial charge in [0, 0.05) is 20.6 Å². The highest BCUT2D eigenvalue weighted by Crippen LogP contribution is 2.00. The lowest BCUT2D eigenvalue weighted by atomic mass is 10.2. The minimum absolute atomic E-state index is 0.0129. The van der Waals surface area contributed by atoms with Crippen molar-refractivity contribution in [2.45, 2.75) is 19.9 Å². The largest absolute Gasteiger partial charge is 0.355 e.